The molecule has 21 heavy (non-hydrogen) atoms. The predicted molar refractivity (Wildman–Crippen MR) is 91.7 cm³/mol. The molecule has 2 rings (SSSR count). The van der Waals surface area contributed by atoms with Crippen molar-refractivity contribution < 1.29 is 0 Å². The van der Waals surface area contributed by atoms with Crippen LogP contribution < -0.4 is 5.32 Å². The summed E-state index contributed by atoms with van der Waals surface area (Å²) in [5.41, 5.74) is 5.43. The van der Waals surface area contributed by atoms with Gasteiger partial charge in [0.05, 0.1) is 6.04 Å². The summed E-state index contributed by atoms with van der Waals surface area (Å²) >= 11 is 0. The summed E-state index contributed by atoms with van der Waals surface area (Å²) in [7, 11) is 0. The van der Waals surface area contributed by atoms with E-state index in [1.165, 1.54) is 41.5 Å². The zero-order chi connectivity index (χ0) is 15.1. The molecule has 0 radical (unpaired) electrons. The molecule has 112 valence electrons. The molecule has 1 nitrogen and oxygen atoms in total. The van der Waals surface area contributed by atoms with Crippen molar-refractivity contribution in [2.24, 2.45) is 0 Å². The first-order chi connectivity index (χ1) is 10.2. The Morgan fingerprint density at radius 3 is 2.43 bits per heavy atom. The normalized spacial score (nSPS) is 12.3. The summed E-state index contributed by atoms with van der Waals surface area (Å²) in [5, 5.41) is 3.76. The van der Waals surface area contributed by atoms with E-state index >= 15 is 0 Å². The standard InChI is InChI=1S/C20H27N/c1-4-5-9-14-21-20(18-10-7-6-8-11-18)19-15-16(2)12-13-17(19)3/h6-8,10-13,15,20-21H,4-5,9,14H2,1-3H3. The number of benzene rings is 2. The first kappa shape index (κ1) is 15.8. The lowest BCUT2D eigenvalue weighted by atomic mass is 9.93. The van der Waals surface area contributed by atoms with Gasteiger partial charge in [-0.05, 0) is 43.5 Å². The molecule has 0 saturated carbocycles. The molecule has 1 heteroatoms. The molecule has 2 aromatic carbocycles. The predicted octanol–water partition coefficient (Wildman–Crippen LogP) is 5.17. The fraction of sp³-hybridized carbons (Fsp3) is 0.400. The molecule has 0 aliphatic rings. The SMILES string of the molecule is CCCCCNC(c1ccccc1)c1cc(C)ccc1C. The van der Waals surface area contributed by atoms with E-state index in [0.717, 1.165) is 6.54 Å². The van der Waals surface area contributed by atoms with Crippen LogP contribution in [0.3, 0.4) is 0 Å². The summed E-state index contributed by atoms with van der Waals surface area (Å²) < 4.78 is 0. The van der Waals surface area contributed by atoms with E-state index < -0.39 is 0 Å². The van der Waals surface area contributed by atoms with E-state index in [4.69, 9.17) is 0 Å². The maximum Gasteiger partial charge on any atom is 0.0579 e. The van der Waals surface area contributed by atoms with Crippen LogP contribution in [0.4, 0.5) is 0 Å². The summed E-state index contributed by atoms with van der Waals surface area (Å²) in [5.74, 6) is 0. The highest BCUT2D eigenvalue weighted by Crippen LogP contribution is 2.25. The molecule has 1 unspecified atom stereocenters. The van der Waals surface area contributed by atoms with Crippen LogP contribution in [-0.4, -0.2) is 6.54 Å². The van der Waals surface area contributed by atoms with Crippen LogP contribution in [0.5, 0.6) is 0 Å². The summed E-state index contributed by atoms with van der Waals surface area (Å²) in [6.45, 7) is 7.70. The van der Waals surface area contributed by atoms with Crippen LogP contribution in [0, 0.1) is 13.8 Å². The van der Waals surface area contributed by atoms with E-state index in [-0.39, 0.29) is 0 Å². The van der Waals surface area contributed by atoms with E-state index in [9.17, 15) is 0 Å². The minimum Gasteiger partial charge on any atom is -0.306 e. The van der Waals surface area contributed by atoms with Crippen molar-refractivity contribution in [1.82, 2.24) is 5.32 Å². The van der Waals surface area contributed by atoms with Crippen LogP contribution in [0.2, 0.25) is 0 Å². The fourth-order valence-corrected chi connectivity index (χ4v) is 2.75. The first-order valence-electron chi connectivity index (χ1n) is 8.08. The number of hydrogen-bond donors (Lipinski definition) is 1. The molecule has 0 bridgehead atoms. The summed E-state index contributed by atoms with van der Waals surface area (Å²) in [6.07, 6.45) is 3.80. The average molecular weight is 281 g/mol. The van der Waals surface area contributed by atoms with Gasteiger partial charge in [0.1, 0.15) is 0 Å². The molecule has 0 aliphatic heterocycles. The van der Waals surface area contributed by atoms with Crippen molar-refractivity contribution >= 4 is 0 Å². The van der Waals surface area contributed by atoms with Crippen molar-refractivity contribution in [3.63, 3.8) is 0 Å². The molecule has 0 spiro atoms. The quantitative estimate of drug-likeness (QED) is 0.690. The Labute approximate surface area is 129 Å². The van der Waals surface area contributed by atoms with Crippen molar-refractivity contribution in [3.05, 3.63) is 70.8 Å². The largest absolute Gasteiger partial charge is 0.306 e. The molecule has 1 N–H and O–H groups in total. The van der Waals surface area contributed by atoms with E-state index in [0.29, 0.717) is 6.04 Å². The lowest BCUT2D eigenvalue weighted by Crippen LogP contribution is -2.24. The third kappa shape index (κ3) is 4.44. The first-order valence-corrected chi connectivity index (χ1v) is 8.08. The van der Waals surface area contributed by atoms with Crippen LogP contribution in [0.15, 0.2) is 48.5 Å². The average Bonchev–Trinajstić information content (AvgIpc) is 2.51. The molecule has 2 aromatic rings. The highest BCUT2D eigenvalue weighted by Gasteiger charge is 2.15. The van der Waals surface area contributed by atoms with Crippen LogP contribution in [0.1, 0.15) is 54.5 Å². The second kappa shape index (κ2) is 7.99. The zero-order valence-corrected chi connectivity index (χ0v) is 13.5. The third-order valence-corrected chi connectivity index (χ3v) is 4.01. The van der Waals surface area contributed by atoms with Gasteiger partial charge in [0.15, 0.2) is 0 Å². The third-order valence-electron chi connectivity index (χ3n) is 4.01. The highest BCUT2D eigenvalue weighted by molar-refractivity contribution is 5.39. The number of unbranched alkanes of at least 4 members (excludes halogenated alkanes) is 2. The number of hydrogen-bond acceptors (Lipinski definition) is 1. The van der Waals surface area contributed by atoms with E-state index in [2.05, 4.69) is 74.6 Å². The summed E-state index contributed by atoms with van der Waals surface area (Å²) in [6, 6.07) is 17.8. The molecule has 0 amide bonds. The van der Waals surface area contributed by atoms with Gasteiger partial charge < -0.3 is 5.32 Å². The lowest BCUT2D eigenvalue weighted by molar-refractivity contribution is 0.563. The Hall–Kier alpha value is -1.60. The van der Waals surface area contributed by atoms with Crippen LogP contribution in [-0.2, 0) is 0 Å². The Balaban J connectivity index is 2.25. The smallest absolute Gasteiger partial charge is 0.0579 e. The van der Waals surface area contributed by atoms with Crippen molar-refractivity contribution in [2.75, 3.05) is 6.54 Å². The van der Waals surface area contributed by atoms with Crippen molar-refractivity contribution in [2.45, 2.75) is 46.1 Å². The Morgan fingerprint density at radius 1 is 0.952 bits per heavy atom. The molecule has 0 saturated heterocycles. The van der Waals surface area contributed by atoms with Gasteiger partial charge in [0, 0.05) is 0 Å². The topological polar surface area (TPSA) is 12.0 Å². The maximum absolute atomic E-state index is 3.76. The van der Waals surface area contributed by atoms with Gasteiger partial charge in [0.25, 0.3) is 0 Å². The van der Waals surface area contributed by atoms with Gasteiger partial charge in [0.2, 0.25) is 0 Å². The Bertz CT molecular complexity index is 545. The second-order valence-electron chi connectivity index (χ2n) is 5.86. The Kier molecular flexibility index (Phi) is 6.01. The van der Waals surface area contributed by atoms with Crippen LogP contribution in [0.25, 0.3) is 0 Å². The highest BCUT2D eigenvalue weighted by atomic mass is 14.9. The number of rotatable bonds is 7. The monoisotopic (exact) mass is 281 g/mol. The molecular weight excluding hydrogens is 254 g/mol. The number of aryl methyl sites for hydroxylation is 2. The van der Waals surface area contributed by atoms with Gasteiger partial charge >= 0.3 is 0 Å². The molecule has 0 fully saturated rings. The molecule has 0 aromatic heterocycles. The fourth-order valence-electron chi connectivity index (χ4n) is 2.75. The van der Waals surface area contributed by atoms with E-state index in [1.54, 1.807) is 0 Å². The minimum absolute atomic E-state index is 0.294. The van der Waals surface area contributed by atoms with Crippen molar-refractivity contribution in [1.29, 1.82) is 0 Å². The molecule has 1 atom stereocenters. The van der Waals surface area contributed by atoms with E-state index in [1.807, 2.05) is 0 Å². The van der Waals surface area contributed by atoms with Gasteiger partial charge in [-0.3, -0.25) is 0 Å². The zero-order valence-electron chi connectivity index (χ0n) is 13.5. The van der Waals surface area contributed by atoms with Gasteiger partial charge in [-0.1, -0.05) is 73.9 Å². The van der Waals surface area contributed by atoms with Gasteiger partial charge in [-0.15, -0.1) is 0 Å². The molecule has 0 aliphatic carbocycles. The lowest BCUT2D eigenvalue weighted by Gasteiger charge is -2.22. The molecule has 0 heterocycles. The van der Waals surface area contributed by atoms with Gasteiger partial charge in [-0.25, -0.2) is 0 Å². The number of nitrogens with one attached hydrogen (secondary N) is 1. The van der Waals surface area contributed by atoms with Crippen LogP contribution >= 0.6 is 0 Å². The Morgan fingerprint density at radius 2 is 1.71 bits per heavy atom. The maximum atomic E-state index is 3.76. The second-order valence-corrected chi connectivity index (χ2v) is 5.86. The summed E-state index contributed by atoms with van der Waals surface area (Å²) in [4.78, 5) is 0. The van der Waals surface area contributed by atoms with Crippen molar-refractivity contribution in [3.8, 4) is 0 Å². The molecular formula is C20H27N. The van der Waals surface area contributed by atoms with Gasteiger partial charge in [-0.2, -0.15) is 0 Å². The minimum atomic E-state index is 0.294.